The highest BCUT2D eigenvalue weighted by molar-refractivity contribution is 5.72. The average Bonchev–Trinajstić information content (AvgIpc) is 2.44. The van der Waals surface area contributed by atoms with Gasteiger partial charge in [-0.2, -0.15) is 0 Å². The van der Waals surface area contributed by atoms with E-state index in [0.29, 0.717) is 0 Å². The molecule has 0 aliphatic heterocycles. The normalized spacial score (nSPS) is 10.4. The smallest absolute Gasteiger partial charge is 0.151 e. The van der Waals surface area contributed by atoms with Crippen LogP contribution in [0, 0.1) is 20.8 Å². The molecule has 0 radical (unpaired) electrons. The van der Waals surface area contributed by atoms with E-state index in [1.807, 2.05) is 19.1 Å². The van der Waals surface area contributed by atoms with Gasteiger partial charge in [-0.3, -0.25) is 0 Å². The van der Waals surface area contributed by atoms with Crippen molar-refractivity contribution in [3.8, 4) is 17.0 Å². The second-order valence-electron chi connectivity index (χ2n) is 4.88. The predicted molar refractivity (Wildman–Crippen MR) is 82.4 cm³/mol. The van der Waals surface area contributed by atoms with E-state index in [1.165, 1.54) is 5.56 Å². The first-order valence-corrected chi connectivity index (χ1v) is 6.81. The number of hydrogen-bond donors (Lipinski definition) is 1. The van der Waals surface area contributed by atoms with E-state index in [1.54, 1.807) is 7.11 Å². The summed E-state index contributed by atoms with van der Waals surface area (Å²) in [4.78, 5) is 0. The standard InChI is InChI=1S/C16H21N3O/c1-6-17-16-12(4)11(3)15(18-19-16)13-9-10(2)7-8-14(13)20-5/h7-9H,6H2,1-5H3,(H,17,19). The third kappa shape index (κ3) is 2.59. The van der Waals surface area contributed by atoms with Gasteiger partial charge in [0, 0.05) is 12.1 Å². The Labute approximate surface area is 120 Å². The molecule has 4 heteroatoms. The second kappa shape index (κ2) is 5.90. The first-order valence-electron chi connectivity index (χ1n) is 6.81. The van der Waals surface area contributed by atoms with Crippen molar-refractivity contribution < 1.29 is 4.74 Å². The molecule has 1 aromatic heterocycles. The molecule has 0 saturated carbocycles. The van der Waals surface area contributed by atoms with E-state index in [2.05, 4.69) is 42.4 Å². The van der Waals surface area contributed by atoms with Gasteiger partial charge in [-0.05, 0) is 51.0 Å². The SMILES string of the molecule is CCNc1nnc(-c2cc(C)ccc2OC)c(C)c1C. The van der Waals surface area contributed by atoms with Crippen LogP contribution in [0.3, 0.4) is 0 Å². The molecule has 0 fully saturated rings. The van der Waals surface area contributed by atoms with Crippen LogP contribution in [0.25, 0.3) is 11.3 Å². The second-order valence-corrected chi connectivity index (χ2v) is 4.88. The maximum absolute atomic E-state index is 5.44. The Kier molecular flexibility index (Phi) is 4.23. The fraction of sp³-hybridized carbons (Fsp3) is 0.375. The summed E-state index contributed by atoms with van der Waals surface area (Å²) in [5.41, 5.74) is 5.30. The van der Waals surface area contributed by atoms with Crippen LogP contribution in [0.15, 0.2) is 18.2 Å². The van der Waals surface area contributed by atoms with Crippen molar-refractivity contribution in [3.63, 3.8) is 0 Å². The van der Waals surface area contributed by atoms with E-state index < -0.39 is 0 Å². The Morgan fingerprint density at radius 2 is 1.85 bits per heavy atom. The zero-order valence-corrected chi connectivity index (χ0v) is 12.7. The summed E-state index contributed by atoms with van der Waals surface area (Å²) in [6, 6.07) is 6.09. The molecule has 0 aliphatic rings. The summed E-state index contributed by atoms with van der Waals surface area (Å²) in [7, 11) is 1.68. The Bertz CT molecular complexity index is 623. The number of ether oxygens (including phenoxy) is 1. The molecule has 0 spiro atoms. The molecule has 1 aromatic carbocycles. The van der Waals surface area contributed by atoms with Gasteiger partial charge < -0.3 is 10.1 Å². The van der Waals surface area contributed by atoms with Crippen LogP contribution in [-0.2, 0) is 0 Å². The molecule has 20 heavy (non-hydrogen) atoms. The lowest BCUT2D eigenvalue weighted by Crippen LogP contribution is -2.06. The minimum atomic E-state index is 0.823. The lowest BCUT2D eigenvalue weighted by molar-refractivity contribution is 0.416. The van der Waals surface area contributed by atoms with Crippen LogP contribution in [0.1, 0.15) is 23.6 Å². The van der Waals surface area contributed by atoms with Gasteiger partial charge in [-0.1, -0.05) is 11.6 Å². The predicted octanol–water partition coefficient (Wildman–Crippen LogP) is 3.51. The first kappa shape index (κ1) is 14.3. The Morgan fingerprint density at radius 1 is 1.10 bits per heavy atom. The molecule has 0 unspecified atom stereocenters. The molecule has 0 amide bonds. The van der Waals surface area contributed by atoms with E-state index in [-0.39, 0.29) is 0 Å². The van der Waals surface area contributed by atoms with Gasteiger partial charge in [0.15, 0.2) is 5.82 Å². The number of nitrogens with one attached hydrogen (secondary N) is 1. The van der Waals surface area contributed by atoms with Crippen LogP contribution in [0.4, 0.5) is 5.82 Å². The van der Waals surface area contributed by atoms with Crippen molar-refractivity contribution in [2.45, 2.75) is 27.7 Å². The molecule has 2 rings (SSSR count). The first-order chi connectivity index (χ1) is 9.58. The quantitative estimate of drug-likeness (QED) is 0.924. The minimum absolute atomic E-state index is 0.823. The number of nitrogens with zero attached hydrogens (tertiary/aromatic N) is 2. The molecule has 106 valence electrons. The van der Waals surface area contributed by atoms with Crippen molar-refractivity contribution >= 4 is 5.82 Å². The van der Waals surface area contributed by atoms with Crippen LogP contribution >= 0.6 is 0 Å². The number of hydrogen-bond acceptors (Lipinski definition) is 4. The zero-order chi connectivity index (χ0) is 14.7. The average molecular weight is 271 g/mol. The molecule has 0 saturated heterocycles. The lowest BCUT2D eigenvalue weighted by Gasteiger charge is -2.14. The summed E-state index contributed by atoms with van der Waals surface area (Å²) in [6.07, 6.45) is 0. The number of aromatic nitrogens is 2. The van der Waals surface area contributed by atoms with Gasteiger partial charge in [0.25, 0.3) is 0 Å². The summed E-state index contributed by atoms with van der Waals surface area (Å²) >= 11 is 0. The monoisotopic (exact) mass is 271 g/mol. The van der Waals surface area contributed by atoms with Crippen LogP contribution in [0.2, 0.25) is 0 Å². The number of anilines is 1. The van der Waals surface area contributed by atoms with E-state index >= 15 is 0 Å². The number of benzene rings is 1. The number of rotatable bonds is 4. The summed E-state index contributed by atoms with van der Waals surface area (Å²) < 4.78 is 5.44. The van der Waals surface area contributed by atoms with Gasteiger partial charge in [0.05, 0.1) is 12.8 Å². The van der Waals surface area contributed by atoms with Crippen LogP contribution in [0.5, 0.6) is 5.75 Å². The third-order valence-corrected chi connectivity index (χ3v) is 3.48. The molecular weight excluding hydrogens is 250 g/mol. The zero-order valence-electron chi connectivity index (χ0n) is 12.7. The van der Waals surface area contributed by atoms with E-state index in [0.717, 1.165) is 40.5 Å². The highest BCUT2D eigenvalue weighted by Gasteiger charge is 2.14. The van der Waals surface area contributed by atoms with E-state index in [9.17, 15) is 0 Å². The van der Waals surface area contributed by atoms with Gasteiger partial charge in [-0.15, -0.1) is 10.2 Å². The molecule has 1 N–H and O–H groups in total. The molecule has 0 bridgehead atoms. The minimum Gasteiger partial charge on any atom is -0.496 e. The highest BCUT2D eigenvalue weighted by atomic mass is 16.5. The fourth-order valence-corrected chi connectivity index (χ4v) is 2.20. The molecule has 0 atom stereocenters. The number of methoxy groups -OCH3 is 1. The fourth-order valence-electron chi connectivity index (χ4n) is 2.20. The molecule has 4 nitrogen and oxygen atoms in total. The summed E-state index contributed by atoms with van der Waals surface area (Å²) in [5, 5.41) is 11.9. The topological polar surface area (TPSA) is 47.0 Å². The van der Waals surface area contributed by atoms with Gasteiger partial charge >= 0.3 is 0 Å². The van der Waals surface area contributed by atoms with Crippen molar-refractivity contribution in [2.75, 3.05) is 19.0 Å². The Balaban J connectivity index is 2.59. The van der Waals surface area contributed by atoms with Gasteiger partial charge in [-0.25, -0.2) is 0 Å². The maximum Gasteiger partial charge on any atom is 0.151 e. The van der Waals surface area contributed by atoms with Crippen molar-refractivity contribution in [2.24, 2.45) is 0 Å². The van der Waals surface area contributed by atoms with Gasteiger partial charge in [0.2, 0.25) is 0 Å². The Hall–Kier alpha value is -2.10. The Morgan fingerprint density at radius 3 is 2.50 bits per heavy atom. The van der Waals surface area contributed by atoms with Crippen LogP contribution < -0.4 is 10.1 Å². The largest absolute Gasteiger partial charge is 0.496 e. The lowest BCUT2D eigenvalue weighted by atomic mass is 10.0. The van der Waals surface area contributed by atoms with Crippen molar-refractivity contribution in [1.29, 1.82) is 0 Å². The highest BCUT2D eigenvalue weighted by Crippen LogP contribution is 2.33. The summed E-state index contributed by atoms with van der Waals surface area (Å²) in [5.74, 6) is 1.67. The van der Waals surface area contributed by atoms with Gasteiger partial charge in [0.1, 0.15) is 5.75 Å². The van der Waals surface area contributed by atoms with Crippen LogP contribution in [-0.4, -0.2) is 23.9 Å². The van der Waals surface area contributed by atoms with Crippen molar-refractivity contribution in [1.82, 2.24) is 10.2 Å². The summed E-state index contributed by atoms with van der Waals surface area (Å²) in [6.45, 7) is 9.08. The van der Waals surface area contributed by atoms with Crippen molar-refractivity contribution in [3.05, 3.63) is 34.9 Å². The third-order valence-electron chi connectivity index (χ3n) is 3.48. The van der Waals surface area contributed by atoms with E-state index in [4.69, 9.17) is 4.74 Å². The molecule has 0 aliphatic carbocycles. The molecule has 1 heterocycles. The molecule has 2 aromatic rings. The maximum atomic E-state index is 5.44. The number of aryl methyl sites for hydroxylation is 1. The molecular formula is C16H21N3O.